The van der Waals surface area contributed by atoms with Gasteiger partial charge >= 0.3 is 0 Å². The number of ether oxygens (including phenoxy) is 1. The summed E-state index contributed by atoms with van der Waals surface area (Å²) in [6.45, 7) is 6.57. The predicted molar refractivity (Wildman–Crippen MR) is 48.3 cm³/mol. The van der Waals surface area contributed by atoms with E-state index in [-0.39, 0.29) is 0 Å². The van der Waals surface area contributed by atoms with Crippen molar-refractivity contribution in [1.82, 2.24) is 10.2 Å². The first-order valence-electron chi connectivity index (χ1n) is 4.98. The predicted octanol–water partition coefficient (Wildman–Crippen LogP) is 0.0706. The van der Waals surface area contributed by atoms with E-state index >= 15 is 0 Å². The lowest BCUT2D eigenvalue weighted by molar-refractivity contribution is 0.0651. The maximum atomic E-state index is 5.40. The minimum absolute atomic E-state index is 0.580. The molecule has 0 aliphatic carbocycles. The first-order chi connectivity index (χ1) is 5.95. The van der Waals surface area contributed by atoms with E-state index in [2.05, 4.69) is 10.2 Å². The number of hydrogen-bond donors (Lipinski definition) is 1. The number of hydrogen-bond acceptors (Lipinski definition) is 3. The van der Waals surface area contributed by atoms with Crippen LogP contribution in [0.5, 0.6) is 0 Å². The molecular weight excluding hydrogens is 152 g/mol. The summed E-state index contributed by atoms with van der Waals surface area (Å²) < 4.78 is 5.40. The van der Waals surface area contributed by atoms with Crippen molar-refractivity contribution in [3.05, 3.63) is 0 Å². The minimum atomic E-state index is 0.580. The maximum Gasteiger partial charge on any atom is 0.0632 e. The van der Waals surface area contributed by atoms with Crippen molar-refractivity contribution in [1.29, 1.82) is 0 Å². The lowest BCUT2D eigenvalue weighted by atomic mass is 10.2. The summed E-state index contributed by atoms with van der Waals surface area (Å²) in [5.41, 5.74) is 0. The van der Waals surface area contributed by atoms with E-state index < -0.39 is 0 Å². The van der Waals surface area contributed by atoms with Crippen LogP contribution in [0, 0.1) is 0 Å². The average Bonchev–Trinajstić information content (AvgIpc) is 2.59. The summed E-state index contributed by atoms with van der Waals surface area (Å²) >= 11 is 0. The van der Waals surface area contributed by atoms with Crippen LogP contribution in [-0.2, 0) is 4.74 Å². The largest absolute Gasteiger partial charge is 0.378 e. The van der Waals surface area contributed by atoms with Crippen LogP contribution in [0.1, 0.15) is 12.8 Å². The van der Waals surface area contributed by atoms with Gasteiger partial charge < -0.3 is 15.0 Å². The van der Waals surface area contributed by atoms with Gasteiger partial charge in [-0.25, -0.2) is 0 Å². The number of nitrogens with one attached hydrogen (secondary N) is 1. The Morgan fingerprint density at radius 3 is 2.83 bits per heavy atom. The second kappa shape index (κ2) is 4.21. The van der Waals surface area contributed by atoms with Crippen molar-refractivity contribution >= 4 is 0 Å². The molecule has 2 fully saturated rings. The molecule has 0 aromatic heterocycles. The van der Waals surface area contributed by atoms with Gasteiger partial charge in [0.25, 0.3) is 0 Å². The van der Waals surface area contributed by atoms with Gasteiger partial charge in [-0.2, -0.15) is 0 Å². The van der Waals surface area contributed by atoms with Crippen molar-refractivity contribution in [2.75, 3.05) is 39.4 Å². The van der Waals surface area contributed by atoms with Crippen molar-refractivity contribution in [3.63, 3.8) is 0 Å². The topological polar surface area (TPSA) is 24.5 Å². The SMILES string of the molecule is C1CCN(C[C@@H]2COCCN2)C1. The summed E-state index contributed by atoms with van der Waals surface area (Å²) in [6.07, 6.45) is 2.77. The Hall–Kier alpha value is -0.120. The molecule has 12 heavy (non-hydrogen) atoms. The molecular formula is C9H18N2O. The fourth-order valence-electron chi connectivity index (χ4n) is 2.01. The molecule has 0 saturated carbocycles. The second-order valence-corrected chi connectivity index (χ2v) is 3.73. The Morgan fingerprint density at radius 2 is 2.17 bits per heavy atom. The monoisotopic (exact) mass is 170 g/mol. The fourth-order valence-corrected chi connectivity index (χ4v) is 2.01. The van der Waals surface area contributed by atoms with Crippen LogP contribution < -0.4 is 5.32 Å². The molecule has 3 heteroatoms. The second-order valence-electron chi connectivity index (χ2n) is 3.73. The van der Waals surface area contributed by atoms with E-state index in [4.69, 9.17) is 4.74 Å². The Morgan fingerprint density at radius 1 is 1.33 bits per heavy atom. The maximum absolute atomic E-state index is 5.40. The van der Waals surface area contributed by atoms with Crippen molar-refractivity contribution in [2.45, 2.75) is 18.9 Å². The molecule has 0 amide bonds. The van der Waals surface area contributed by atoms with Gasteiger partial charge in [-0.15, -0.1) is 0 Å². The first kappa shape index (κ1) is 8.48. The van der Waals surface area contributed by atoms with E-state index in [1.807, 2.05) is 0 Å². The molecule has 0 aromatic carbocycles. The highest BCUT2D eigenvalue weighted by molar-refractivity contribution is 4.77. The highest BCUT2D eigenvalue weighted by atomic mass is 16.5. The summed E-state index contributed by atoms with van der Waals surface area (Å²) in [5.74, 6) is 0. The van der Waals surface area contributed by atoms with E-state index in [0.717, 1.165) is 19.8 Å². The Bertz CT molecular complexity index is 128. The molecule has 70 valence electrons. The zero-order valence-electron chi connectivity index (χ0n) is 7.59. The number of morpholine rings is 1. The number of rotatable bonds is 2. The molecule has 2 saturated heterocycles. The van der Waals surface area contributed by atoms with Gasteiger partial charge in [0.15, 0.2) is 0 Å². The molecule has 0 radical (unpaired) electrons. The summed E-state index contributed by atoms with van der Waals surface area (Å²) in [7, 11) is 0. The molecule has 0 unspecified atom stereocenters. The van der Waals surface area contributed by atoms with Crippen LogP contribution >= 0.6 is 0 Å². The zero-order valence-corrected chi connectivity index (χ0v) is 7.59. The summed E-state index contributed by atoms with van der Waals surface area (Å²) in [6, 6.07) is 0.580. The third-order valence-corrected chi connectivity index (χ3v) is 2.68. The summed E-state index contributed by atoms with van der Waals surface area (Å²) in [4.78, 5) is 2.53. The quantitative estimate of drug-likeness (QED) is 0.635. The van der Waals surface area contributed by atoms with Gasteiger partial charge in [0, 0.05) is 19.1 Å². The molecule has 1 atom stereocenters. The third-order valence-electron chi connectivity index (χ3n) is 2.68. The zero-order chi connectivity index (χ0) is 8.23. The Labute approximate surface area is 74.1 Å². The average molecular weight is 170 g/mol. The molecule has 1 N–H and O–H groups in total. The van der Waals surface area contributed by atoms with Crippen molar-refractivity contribution in [3.8, 4) is 0 Å². The van der Waals surface area contributed by atoms with Crippen LogP contribution in [0.4, 0.5) is 0 Å². The van der Waals surface area contributed by atoms with E-state index in [9.17, 15) is 0 Å². The van der Waals surface area contributed by atoms with Crippen LogP contribution in [0.2, 0.25) is 0 Å². The Balaban J connectivity index is 1.69. The minimum Gasteiger partial charge on any atom is -0.378 e. The van der Waals surface area contributed by atoms with Crippen LogP contribution in [0.15, 0.2) is 0 Å². The first-order valence-corrected chi connectivity index (χ1v) is 4.98. The van der Waals surface area contributed by atoms with Gasteiger partial charge in [-0.3, -0.25) is 0 Å². The highest BCUT2D eigenvalue weighted by Crippen LogP contribution is 2.08. The number of likely N-dealkylation sites (tertiary alicyclic amines) is 1. The van der Waals surface area contributed by atoms with Crippen molar-refractivity contribution in [2.24, 2.45) is 0 Å². The van der Waals surface area contributed by atoms with Gasteiger partial charge in [-0.05, 0) is 25.9 Å². The molecule has 2 rings (SSSR count). The summed E-state index contributed by atoms with van der Waals surface area (Å²) in [5, 5.41) is 3.48. The molecule has 2 heterocycles. The van der Waals surface area contributed by atoms with E-state index in [1.54, 1.807) is 0 Å². The Kier molecular flexibility index (Phi) is 2.98. The smallest absolute Gasteiger partial charge is 0.0632 e. The van der Waals surface area contributed by atoms with E-state index in [1.165, 1.54) is 32.5 Å². The third kappa shape index (κ3) is 2.19. The van der Waals surface area contributed by atoms with Crippen LogP contribution in [0.25, 0.3) is 0 Å². The number of nitrogens with zero attached hydrogens (tertiary/aromatic N) is 1. The van der Waals surface area contributed by atoms with Gasteiger partial charge in [0.2, 0.25) is 0 Å². The van der Waals surface area contributed by atoms with Gasteiger partial charge in [-0.1, -0.05) is 0 Å². The van der Waals surface area contributed by atoms with Crippen LogP contribution in [-0.4, -0.2) is 50.3 Å². The van der Waals surface area contributed by atoms with Crippen LogP contribution in [0.3, 0.4) is 0 Å². The standard InChI is InChI=1S/C9H18N2O/c1-2-5-11(4-1)7-9-8-12-6-3-10-9/h9-10H,1-8H2/t9-/m1/s1. The molecule has 2 aliphatic heterocycles. The molecule has 2 aliphatic rings. The van der Waals surface area contributed by atoms with Gasteiger partial charge in [0.05, 0.1) is 13.2 Å². The lowest BCUT2D eigenvalue weighted by Crippen LogP contribution is -2.47. The molecule has 0 aromatic rings. The fraction of sp³-hybridized carbons (Fsp3) is 1.00. The highest BCUT2D eigenvalue weighted by Gasteiger charge is 2.18. The van der Waals surface area contributed by atoms with E-state index in [0.29, 0.717) is 6.04 Å². The normalized spacial score (nSPS) is 32.5. The molecule has 0 bridgehead atoms. The molecule has 3 nitrogen and oxygen atoms in total. The molecule has 0 spiro atoms. The van der Waals surface area contributed by atoms with Crippen molar-refractivity contribution < 1.29 is 4.74 Å². The lowest BCUT2D eigenvalue weighted by Gasteiger charge is -2.27. The van der Waals surface area contributed by atoms with Gasteiger partial charge in [0.1, 0.15) is 0 Å².